The smallest absolute Gasteiger partial charge is 0.201 e. The van der Waals surface area contributed by atoms with Crippen LogP contribution in [0.5, 0.6) is 5.75 Å². The molecule has 28 heavy (non-hydrogen) atoms. The van der Waals surface area contributed by atoms with Crippen LogP contribution >= 0.6 is 11.3 Å². The lowest BCUT2D eigenvalue weighted by atomic mass is 10.1. The maximum Gasteiger partial charge on any atom is 0.201 e. The van der Waals surface area contributed by atoms with Crippen molar-refractivity contribution in [1.82, 2.24) is 10.2 Å². The van der Waals surface area contributed by atoms with Crippen molar-refractivity contribution >= 4 is 11.3 Å². The SMILES string of the molecule is CCCCCCCOc1ccc(-c2nnc(CCCCCCC)s2)c(F)c1F. The van der Waals surface area contributed by atoms with Crippen molar-refractivity contribution in [3.8, 4) is 16.3 Å². The van der Waals surface area contributed by atoms with Gasteiger partial charge in [-0.1, -0.05) is 76.6 Å². The Kier molecular flexibility index (Phi) is 10.4. The number of aromatic nitrogens is 2. The molecule has 156 valence electrons. The number of nitrogens with zero attached hydrogens (tertiary/aromatic N) is 2. The van der Waals surface area contributed by atoms with Crippen LogP contribution in [0.4, 0.5) is 8.78 Å². The van der Waals surface area contributed by atoms with E-state index < -0.39 is 11.6 Å². The molecule has 0 atom stereocenters. The Morgan fingerprint density at radius 2 is 1.50 bits per heavy atom. The quantitative estimate of drug-likeness (QED) is 0.305. The van der Waals surface area contributed by atoms with Gasteiger partial charge in [0.05, 0.1) is 12.2 Å². The molecule has 3 nitrogen and oxygen atoms in total. The molecule has 0 N–H and O–H groups in total. The molecule has 1 aromatic heterocycles. The van der Waals surface area contributed by atoms with Gasteiger partial charge in [-0.05, 0) is 25.0 Å². The van der Waals surface area contributed by atoms with Crippen molar-refractivity contribution in [3.63, 3.8) is 0 Å². The van der Waals surface area contributed by atoms with E-state index in [4.69, 9.17) is 4.74 Å². The second-order valence-corrected chi connectivity index (χ2v) is 8.23. The van der Waals surface area contributed by atoms with Gasteiger partial charge in [0, 0.05) is 6.42 Å². The summed E-state index contributed by atoms with van der Waals surface area (Å²) in [5.41, 5.74) is 0.155. The standard InChI is InChI=1S/C22H32F2N2OS/c1-3-5-7-9-11-13-19-25-26-22(28-19)17-14-15-18(21(24)20(17)23)27-16-12-10-8-6-4-2/h14-15H,3-13,16H2,1-2H3. The lowest BCUT2D eigenvalue weighted by molar-refractivity contribution is 0.285. The van der Waals surface area contributed by atoms with Crippen LogP contribution in [0.15, 0.2) is 12.1 Å². The second-order valence-electron chi connectivity index (χ2n) is 7.17. The number of unbranched alkanes of at least 4 members (excludes halogenated alkanes) is 8. The molecule has 0 saturated carbocycles. The van der Waals surface area contributed by atoms with Gasteiger partial charge in [0.15, 0.2) is 16.6 Å². The van der Waals surface area contributed by atoms with Crippen LogP contribution in [-0.4, -0.2) is 16.8 Å². The second kappa shape index (κ2) is 12.8. The first-order valence-corrected chi connectivity index (χ1v) is 11.4. The molecule has 1 aromatic carbocycles. The average molecular weight is 411 g/mol. The van der Waals surface area contributed by atoms with E-state index in [-0.39, 0.29) is 11.3 Å². The molecular formula is C22H32F2N2OS. The zero-order valence-corrected chi connectivity index (χ0v) is 17.9. The van der Waals surface area contributed by atoms with Crippen molar-refractivity contribution in [2.75, 3.05) is 6.61 Å². The lowest BCUT2D eigenvalue weighted by Crippen LogP contribution is -2.01. The number of ether oxygens (including phenoxy) is 1. The highest BCUT2D eigenvalue weighted by atomic mass is 32.1. The number of aryl methyl sites for hydroxylation is 1. The summed E-state index contributed by atoms with van der Waals surface area (Å²) >= 11 is 1.34. The molecule has 0 saturated heterocycles. The summed E-state index contributed by atoms with van der Waals surface area (Å²) in [7, 11) is 0. The highest BCUT2D eigenvalue weighted by molar-refractivity contribution is 7.14. The zero-order chi connectivity index (χ0) is 20.2. The van der Waals surface area contributed by atoms with Gasteiger partial charge in [-0.15, -0.1) is 10.2 Å². The summed E-state index contributed by atoms with van der Waals surface area (Å²) in [5.74, 6) is -1.88. The van der Waals surface area contributed by atoms with E-state index in [0.29, 0.717) is 11.6 Å². The Hall–Kier alpha value is -1.56. The number of hydrogen-bond acceptors (Lipinski definition) is 4. The lowest BCUT2D eigenvalue weighted by Gasteiger charge is -2.09. The van der Waals surface area contributed by atoms with Crippen LogP contribution in [0.3, 0.4) is 0 Å². The normalized spacial score (nSPS) is 11.1. The summed E-state index contributed by atoms with van der Waals surface area (Å²) in [4.78, 5) is 0. The summed E-state index contributed by atoms with van der Waals surface area (Å²) in [6, 6.07) is 3.03. The predicted molar refractivity (Wildman–Crippen MR) is 112 cm³/mol. The third-order valence-electron chi connectivity index (χ3n) is 4.74. The van der Waals surface area contributed by atoms with E-state index in [2.05, 4.69) is 24.0 Å². The van der Waals surface area contributed by atoms with Crippen molar-refractivity contribution < 1.29 is 13.5 Å². The molecule has 2 aromatic rings. The molecule has 0 bridgehead atoms. The number of benzene rings is 1. The molecule has 0 fully saturated rings. The largest absolute Gasteiger partial charge is 0.490 e. The Bertz CT molecular complexity index is 706. The summed E-state index contributed by atoms with van der Waals surface area (Å²) < 4.78 is 34.3. The van der Waals surface area contributed by atoms with Gasteiger partial charge in [-0.2, -0.15) is 4.39 Å². The molecule has 2 rings (SSSR count). The minimum absolute atomic E-state index is 0.0302. The maximum atomic E-state index is 14.5. The molecule has 0 aliphatic heterocycles. The topological polar surface area (TPSA) is 35.0 Å². The van der Waals surface area contributed by atoms with E-state index >= 15 is 0 Å². The maximum absolute atomic E-state index is 14.5. The molecule has 1 heterocycles. The van der Waals surface area contributed by atoms with Gasteiger partial charge >= 0.3 is 0 Å². The summed E-state index contributed by atoms with van der Waals surface area (Å²) in [5, 5.41) is 9.49. The first-order chi connectivity index (χ1) is 13.7. The van der Waals surface area contributed by atoms with E-state index in [9.17, 15) is 8.78 Å². The molecule has 0 aliphatic rings. The fourth-order valence-corrected chi connectivity index (χ4v) is 3.94. The summed E-state index contributed by atoms with van der Waals surface area (Å²) in [6.07, 6.45) is 12.1. The van der Waals surface area contributed by atoms with Crippen LogP contribution in [0.1, 0.15) is 83.1 Å². The minimum atomic E-state index is -0.942. The average Bonchev–Trinajstić information content (AvgIpc) is 3.16. The highest BCUT2D eigenvalue weighted by Crippen LogP contribution is 2.32. The zero-order valence-electron chi connectivity index (χ0n) is 17.1. The van der Waals surface area contributed by atoms with E-state index in [1.54, 1.807) is 0 Å². The fourth-order valence-electron chi connectivity index (χ4n) is 3.04. The van der Waals surface area contributed by atoms with E-state index in [1.165, 1.54) is 55.6 Å². The van der Waals surface area contributed by atoms with Crippen molar-refractivity contribution in [2.24, 2.45) is 0 Å². The van der Waals surface area contributed by atoms with Crippen molar-refractivity contribution in [1.29, 1.82) is 0 Å². The van der Waals surface area contributed by atoms with E-state index in [0.717, 1.165) is 43.5 Å². The van der Waals surface area contributed by atoms with Crippen molar-refractivity contribution in [3.05, 3.63) is 28.8 Å². The third-order valence-corrected chi connectivity index (χ3v) is 5.76. The predicted octanol–water partition coefficient (Wildman–Crippen LogP) is 7.35. The van der Waals surface area contributed by atoms with Crippen LogP contribution in [-0.2, 0) is 6.42 Å². The van der Waals surface area contributed by atoms with Gasteiger partial charge < -0.3 is 4.74 Å². The molecule has 0 amide bonds. The molecular weight excluding hydrogens is 378 g/mol. The molecule has 0 radical (unpaired) electrons. The van der Waals surface area contributed by atoms with Gasteiger partial charge in [0.25, 0.3) is 0 Å². The Morgan fingerprint density at radius 3 is 2.21 bits per heavy atom. The number of halogens is 2. The molecule has 0 spiro atoms. The Labute approximate surface area is 171 Å². The van der Waals surface area contributed by atoms with Crippen LogP contribution in [0.2, 0.25) is 0 Å². The highest BCUT2D eigenvalue weighted by Gasteiger charge is 2.18. The fraction of sp³-hybridized carbons (Fsp3) is 0.636. The van der Waals surface area contributed by atoms with Crippen molar-refractivity contribution in [2.45, 2.75) is 84.5 Å². The molecule has 6 heteroatoms. The summed E-state index contributed by atoms with van der Waals surface area (Å²) in [6.45, 7) is 4.75. The Balaban J connectivity index is 1.89. The van der Waals surface area contributed by atoms with Gasteiger partial charge in [-0.25, -0.2) is 4.39 Å². The van der Waals surface area contributed by atoms with Gasteiger partial charge in [-0.3, -0.25) is 0 Å². The monoisotopic (exact) mass is 410 g/mol. The number of rotatable bonds is 14. The first kappa shape index (κ1) is 22.7. The van der Waals surface area contributed by atoms with Crippen LogP contribution in [0, 0.1) is 11.6 Å². The molecule has 0 aliphatic carbocycles. The number of hydrogen-bond donors (Lipinski definition) is 0. The minimum Gasteiger partial charge on any atom is -0.490 e. The first-order valence-electron chi connectivity index (χ1n) is 10.6. The third kappa shape index (κ3) is 7.12. The Morgan fingerprint density at radius 1 is 0.821 bits per heavy atom. The van der Waals surface area contributed by atoms with Crippen LogP contribution in [0.25, 0.3) is 10.6 Å². The van der Waals surface area contributed by atoms with Gasteiger partial charge in [0.1, 0.15) is 5.01 Å². The van der Waals surface area contributed by atoms with E-state index in [1.807, 2.05) is 0 Å². The van der Waals surface area contributed by atoms with Gasteiger partial charge in [0.2, 0.25) is 5.82 Å². The molecule has 0 unspecified atom stereocenters. The van der Waals surface area contributed by atoms with Crippen LogP contribution < -0.4 is 4.74 Å².